The molecule has 1 aliphatic heterocycles. The molecule has 3 rings (SSSR count). The summed E-state index contributed by atoms with van der Waals surface area (Å²) in [5.41, 5.74) is 1.89. The quantitative estimate of drug-likeness (QED) is 0.668. The van der Waals surface area contributed by atoms with Crippen molar-refractivity contribution >= 4 is 27.5 Å². The summed E-state index contributed by atoms with van der Waals surface area (Å²) in [4.78, 5) is 23.6. The van der Waals surface area contributed by atoms with E-state index in [1.165, 1.54) is 0 Å². The number of rotatable bonds is 3. The molecule has 0 saturated carbocycles. The molecule has 8 heteroatoms. The van der Waals surface area contributed by atoms with E-state index in [0.29, 0.717) is 11.1 Å². The number of ether oxygens (including phenoxy) is 1. The minimum absolute atomic E-state index is 0.0789. The topological polar surface area (TPSA) is 94.5 Å². The predicted octanol–water partition coefficient (Wildman–Crippen LogP) is 1.41. The number of hydrogen-bond donors (Lipinski definition) is 1. The highest BCUT2D eigenvalue weighted by Gasteiger charge is 2.32. The summed E-state index contributed by atoms with van der Waals surface area (Å²) in [6, 6.07) is 9.15. The van der Waals surface area contributed by atoms with Crippen LogP contribution in [0.5, 0.6) is 0 Å². The van der Waals surface area contributed by atoms with E-state index in [0.717, 1.165) is 5.69 Å². The Morgan fingerprint density at radius 1 is 1.21 bits per heavy atom. The highest BCUT2D eigenvalue weighted by molar-refractivity contribution is 7.90. The fourth-order valence-electron chi connectivity index (χ4n) is 2.67. The Morgan fingerprint density at radius 2 is 1.92 bits per heavy atom. The Bertz CT molecular complexity index is 900. The molecule has 0 spiro atoms. The third kappa shape index (κ3) is 3.05. The average molecular weight is 348 g/mol. The Morgan fingerprint density at radius 3 is 2.58 bits per heavy atom. The molecule has 0 aliphatic carbocycles. The van der Waals surface area contributed by atoms with Gasteiger partial charge < -0.3 is 14.6 Å². The zero-order valence-electron chi connectivity index (χ0n) is 13.0. The van der Waals surface area contributed by atoms with Crippen molar-refractivity contribution in [3.8, 4) is 5.69 Å². The minimum Gasteiger partial charge on any atom is -0.459 e. The zero-order chi connectivity index (χ0) is 17.3. The second-order valence-corrected chi connectivity index (χ2v) is 7.46. The number of benzene rings is 1. The maximum atomic E-state index is 12.0. The summed E-state index contributed by atoms with van der Waals surface area (Å²) < 4.78 is 30.1. The fourth-order valence-corrected chi connectivity index (χ4v) is 4.26. The second kappa shape index (κ2) is 6.12. The molecule has 0 fully saturated rings. The number of nitrogens with one attached hydrogen (secondary N) is 1. The molecule has 1 amide bonds. The summed E-state index contributed by atoms with van der Waals surface area (Å²) in [5.74, 6) is -1.90. The van der Waals surface area contributed by atoms with E-state index >= 15 is 0 Å². The number of amides is 1. The molecular formula is C16H16N2O5S. The van der Waals surface area contributed by atoms with Crippen LogP contribution in [0, 0.1) is 0 Å². The smallest absolute Gasteiger partial charge is 0.397 e. The molecule has 0 atom stereocenters. The summed E-state index contributed by atoms with van der Waals surface area (Å²) in [5, 5.41) is 2.50. The average Bonchev–Trinajstić information content (AvgIpc) is 3.01. The van der Waals surface area contributed by atoms with Crippen LogP contribution in [0.15, 0.2) is 36.5 Å². The molecule has 0 radical (unpaired) electrons. The molecule has 7 nitrogen and oxygen atoms in total. The number of carbonyl (C=O) groups excluding carboxylic acids is 2. The molecule has 0 saturated heterocycles. The molecule has 1 aromatic heterocycles. The second-order valence-electron chi connectivity index (χ2n) is 5.39. The lowest BCUT2D eigenvalue weighted by molar-refractivity contribution is -0.152. The van der Waals surface area contributed by atoms with E-state index in [2.05, 4.69) is 10.1 Å². The Hall–Kier alpha value is -2.61. The number of nitrogens with zero attached hydrogens (tertiary/aromatic N) is 1. The normalized spacial score (nSPS) is 14.9. The van der Waals surface area contributed by atoms with Crippen LogP contribution >= 0.6 is 0 Å². The van der Waals surface area contributed by atoms with Gasteiger partial charge in [-0.15, -0.1) is 0 Å². The number of anilines is 1. The van der Waals surface area contributed by atoms with Crippen LogP contribution in [0.2, 0.25) is 0 Å². The highest BCUT2D eigenvalue weighted by atomic mass is 32.2. The van der Waals surface area contributed by atoms with Gasteiger partial charge in [0.1, 0.15) is 5.82 Å². The van der Waals surface area contributed by atoms with E-state index in [1.807, 2.05) is 30.3 Å². The van der Waals surface area contributed by atoms with Gasteiger partial charge in [-0.1, -0.05) is 18.2 Å². The lowest BCUT2D eigenvalue weighted by Gasteiger charge is -2.12. The van der Waals surface area contributed by atoms with E-state index in [-0.39, 0.29) is 23.9 Å². The lowest BCUT2D eigenvalue weighted by atomic mass is 10.2. The van der Waals surface area contributed by atoms with Crippen molar-refractivity contribution in [3.63, 3.8) is 0 Å². The first-order valence-electron chi connectivity index (χ1n) is 7.38. The maximum Gasteiger partial charge on any atom is 0.397 e. The third-order valence-corrected chi connectivity index (χ3v) is 5.15. The number of aromatic nitrogens is 1. The van der Waals surface area contributed by atoms with Crippen molar-refractivity contribution in [2.45, 2.75) is 18.4 Å². The predicted molar refractivity (Wildman–Crippen MR) is 87.4 cm³/mol. The summed E-state index contributed by atoms with van der Waals surface area (Å²) >= 11 is 0. The Kier molecular flexibility index (Phi) is 4.15. The zero-order valence-corrected chi connectivity index (χ0v) is 13.8. The van der Waals surface area contributed by atoms with E-state index in [9.17, 15) is 18.0 Å². The van der Waals surface area contributed by atoms with E-state index < -0.39 is 21.7 Å². The monoisotopic (exact) mass is 348 g/mol. The van der Waals surface area contributed by atoms with Gasteiger partial charge in [-0.25, -0.2) is 13.2 Å². The minimum atomic E-state index is -3.23. The fraction of sp³-hybridized carbons (Fsp3) is 0.250. The Labute approximate surface area is 139 Å². The highest BCUT2D eigenvalue weighted by Crippen LogP contribution is 2.35. The largest absolute Gasteiger partial charge is 0.459 e. The van der Waals surface area contributed by atoms with Gasteiger partial charge in [0.25, 0.3) is 0 Å². The standard InChI is InChI=1S/C16H16N2O5S/c1-2-23-16(20)15(19)17-14-13-10-24(21,22)9-11(13)8-18(14)12-6-4-3-5-7-12/h3-8H,2,9-10H2,1H3,(H,17,19). The molecule has 24 heavy (non-hydrogen) atoms. The molecule has 1 aromatic carbocycles. The number of esters is 1. The van der Waals surface area contributed by atoms with Crippen LogP contribution in [0.4, 0.5) is 5.82 Å². The number of fused-ring (bicyclic) bond motifs is 1. The first-order valence-corrected chi connectivity index (χ1v) is 9.20. The summed E-state index contributed by atoms with van der Waals surface area (Å²) in [6.07, 6.45) is 1.68. The molecule has 2 aromatic rings. The van der Waals surface area contributed by atoms with Gasteiger partial charge in [-0.05, 0) is 24.6 Å². The first-order chi connectivity index (χ1) is 11.4. The van der Waals surface area contributed by atoms with Crippen molar-refractivity contribution < 1.29 is 22.7 Å². The molecule has 1 N–H and O–H groups in total. The van der Waals surface area contributed by atoms with Crippen LogP contribution in [0.3, 0.4) is 0 Å². The van der Waals surface area contributed by atoms with Crippen LogP contribution in [-0.4, -0.2) is 31.5 Å². The van der Waals surface area contributed by atoms with Crippen LogP contribution in [0.25, 0.3) is 5.69 Å². The maximum absolute atomic E-state index is 12.0. The van der Waals surface area contributed by atoms with E-state index in [1.54, 1.807) is 17.7 Å². The van der Waals surface area contributed by atoms with Gasteiger partial charge in [-0.2, -0.15) is 0 Å². The summed E-state index contributed by atoms with van der Waals surface area (Å²) in [7, 11) is -3.23. The van der Waals surface area contributed by atoms with Crippen LogP contribution < -0.4 is 5.32 Å². The van der Waals surface area contributed by atoms with E-state index in [4.69, 9.17) is 0 Å². The SMILES string of the molecule is CCOC(=O)C(=O)Nc1c2c(cn1-c1ccccc1)CS(=O)(=O)C2. The molecule has 0 bridgehead atoms. The first kappa shape index (κ1) is 16.3. The Balaban J connectivity index is 2.03. The number of carbonyl (C=O) groups is 2. The molecular weight excluding hydrogens is 332 g/mol. The molecule has 1 aliphatic rings. The van der Waals surface area contributed by atoms with Gasteiger partial charge >= 0.3 is 11.9 Å². The van der Waals surface area contributed by atoms with Crippen molar-refractivity contribution in [2.24, 2.45) is 0 Å². The number of para-hydroxylation sites is 1. The van der Waals surface area contributed by atoms with Crippen molar-refractivity contribution in [1.29, 1.82) is 0 Å². The number of sulfone groups is 1. The van der Waals surface area contributed by atoms with Gasteiger partial charge in [0.05, 0.1) is 18.1 Å². The van der Waals surface area contributed by atoms with Crippen LogP contribution in [0.1, 0.15) is 18.1 Å². The lowest BCUT2D eigenvalue weighted by Crippen LogP contribution is -2.26. The summed E-state index contributed by atoms with van der Waals surface area (Å²) in [6.45, 7) is 1.68. The number of hydrogen-bond acceptors (Lipinski definition) is 5. The van der Waals surface area contributed by atoms with Crippen molar-refractivity contribution in [3.05, 3.63) is 47.7 Å². The van der Waals surface area contributed by atoms with Crippen molar-refractivity contribution in [2.75, 3.05) is 11.9 Å². The van der Waals surface area contributed by atoms with Gasteiger partial charge in [0, 0.05) is 17.4 Å². The van der Waals surface area contributed by atoms with Gasteiger partial charge in [0.2, 0.25) is 0 Å². The molecule has 126 valence electrons. The van der Waals surface area contributed by atoms with Gasteiger partial charge in [0.15, 0.2) is 9.84 Å². The molecule has 2 heterocycles. The van der Waals surface area contributed by atoms with Crippen LogP contribution in [-0.2, 0) is 35.7 Å². The van der Waals surface area contributed by atoms with Crippen molar-refractivity contribution in [1.82, 2.24) is 4.57 Å². The van der Waals surface area contributed by atoms with Gasteiger partial charge in [-0.3, -0.25) is 4.79 Å². The molecule has 0 unspecified atom stereocenters. The third-order valence-electron chi connectivity index (χ3n) is 3.67.